The summed E-state index contributed by atoms with van der Waals surface area (Å²) in [5.41, 5.74) is 6.21. The summed E-state index contributed by atoms with van der Waals surface area (Å²) in [6.45, 7) is 3.82. The summed E-state index contributed by atoms with van der Waals surface area (Å²) in [6, 6.07) is 3.44. The van der Waals surface area contributed by atoms with Gasteiger partial charge < -0.3 is 15.2 Å². The van der Waals surface area contributed by atoms with Gasteiger partial charge in [0.05, 0.1) is 24.5 Å². The van der Waals surface area contributed by atoms with E-state index >= 15 is 0 Å². The second-order valence-electron chi connectivity index (χ2n) is 4.37. The highest BCUT2D eigenvalue weighted by molar-refractivity contribution is 6.32. The second-order valence-corrected chi connectivity index (χ2v) is 4.78. The van der Waals surface area contributed by atoms with Crippen LogP contribution in [0.25, 0.3) is 0 Å². The molecule has 0 radical (unpaired) electrons. The first-order valence-corrected chi connectivity index (χ1v) is 6.51. The maximum atomic E-state index is 6.21. The number of hydrogen-bond donors (Lipinski definition) is 1. The highest BCUT2D eigenvalue weighted by Gasteiger charge is 2.13. The zero-order valence-electron chi connectivity index (χ0n) is 11.8. The lowest BCUT2D eigenvalue weighted by Crippen LogP contribution is -2.07. The van der Waals surface area contributed by atoms with Crippen molar-refractivity contribution in [2.24, 2.45) is 5.10 Å². The molecule has 2 N–H and O–H groups in total. The van der Waals surface area contributed by atoms with Gasteiger partial charge >= 0.3 is 0 Å². The van der Waals surface area contributed by atoms with Crippen LogP contribution in [0.5, 0.6) is 11.5 Å². The van der Waals surface area contributed by atoms with Gasteiger partial charge in [-0.1, -0.05) is 21.5 Å². The van der Waals surface area contributed by atoms with E-state index in [1.54, 1.807) is 19.2 Å². The average Bonchev–Trinajstić information content (AvgIpc) is 2.84. The number of ether oxygens (including phenoxy) is 2. The van der Waals surface area contributed by atoms with Gasteiger partial charge in [-0.05, 0) is 36.4 Å². The first-order valence-electron chi connectivity index (χ1n) is 6.13. The van der Waals surface area contributed by atoms with Crippen LogP contribution in [0.4, 0.5) is 5.95 Å². The number of aromatic nitrogens is 4. The van der Waals surface area contributed by atoms with Crippen molar-refractivity contribution >= 4 is 23.8 Å². The normalized spacial score (nSPS) is 11.3. The van der Waals surface area contributed by atoms with E-state index in [0.29, 0.717) is 22.1 Å². The van der Waals surface area contributed by atoms with Crippen molar-refractivity contribution in [1.82, 2.24) is 20.3 Å². The van der Waals surface area contributed by atoms with Crippen LogP contribution in [0.1, 0.15) is 19.4 Å². The molecule has 0 aliphatic rings. The Morgan fingerprint density at radius 3 is 2.76 bits per heavy atom. The third-order valence-corrected chi connectivity index (χ3v) is 2.68. The smallest absolute Gasteiger partial charge is 0.263 e. The minimum absolute atomic E-state index is 0.0167. The predicted molar refractivity (Wildman–Crippen MR) is 79.0 cm³/mol. The van der Waals surface area contributed by atoms with Gasteiger partial charge in [0.1, 0.15) is 0 Å². The van der Waals surface area contributed by atoms with Gasteiger partial charge in [0.15, 0.2) is 11.5 Å². The average molecular weight is 311 g/mol. The number of nitrogens with zero attached hydrogens (tertiary/aromatic N) is 5. The summed E-state index contributed by atoms with van der Waals surface area (Å²) in [4.78, 5) is 1.10. The SMILES string of the molecule is COc1cc(C=Nn2nnnc2N)cc(Cl)c1OC(C)C. The van der Waals surface area contributed by atoms with Gasteiger partial charge in [-0.15, -0.1) is 0 Å². The van der Waals surface area contributed by atoms with Crippen LogP contribution in [-0.4, -0.2) is 39.7 Å². The second kappa shape index (κ2) is 6.40. The first kappa shape index (κ1) is 15.0. The zero-order valence-corrected chi connectivity index (χ0v) is 12.6. The molecule has 0 aliphatic carbocycles. The summed E-state index contributed by atoms with van der Waals surface area (Å²) in [6.07, 6.45) is 1.50. The Balaban J connectivity index is 2.32. The molecule has 0 unspecified atom stereocenters. The summed E-state index contributed by atoms with van der Waals surface area (Å²) in [5.74, 6) is 1.10. The number of tetrazole rings is 1. The highest BCUT2D eigenvalue weighted by Crippen LogP contribution is 2.36. The third-order valence-electron chi connectivity index (χ3n) is 2.40. The molecular weight excluding hydrogens is 296 g/mol. The minimum Gasteiger partial charge on any atom is -0.493 e. The molecule has 2 aromatic rings. The van der Waals surface area contributed by atoms with E-state index in [4.69, 9.17) is 26.8 Å². The van der Waals surface area contributed by atoms with E-state index in [-0.39, 0.29) is 12.1 Å². The Labute approximate surface area is 126 Å². The predicted octanol–water partition coefficient (Wildman–Crippen LogP) is 1.59. The lowest BCUT2D eigenvalue weighted by Gasteiger charge is -2.15. The summed E-state index contributed by atoms with van der Waals surface area (Å²) in [7, 11) is 1.54. The number of rotatable bonds is 5. The van der Waals surface area contributed by atoms with Crippen LogP contribution in [0.15, 0.2) is 17.2 Å². The summed E-state index contributed by atoms with van der Waals surface area (Å²) in [5, 5.41) is 14.9. The number of anilines is 1. The van der Waals surface area contributed by atoms with Crippen molar-refractivity contribution in [1.29, 1.82) is 0 Å². The monoisotopic (exact) mass is 310 g/mol. The van der Waals surface area contributed by atoms with Crippen molar-refractivity contribution in [3.8, 4) is 11.5 Å². The number of methoxy groups -OCH3 is 1. The van der Waals surface area contributed by atoms with Crippen molar-refractivity contribution in [2.45, 2.75) is 20.0 Å². The van der Waals surface area contributed by atoms with E-state index in [0.717, 1.165) is 4.79 Å². The Kier molecular flexibility index (Phi) is 4.59. The highest BCUT2D eigenvalue weighted by atomic mass is 35.5. The van der Waals surface area contributed by atoms with Gasteiger partial charge in [-0.3, -0.25) is 0 Å². The van der Waals surface area contributed by atoms with Crippen molar-refractivity contribution in [3.63, 3.8) is 0 Å². The van der Waals surface area contributed by atoms with E-state index in [1.165, 1.54) is 6.21 Å². The molecule has 0 saturated carbocycles. The van der Waals surface area contributed by atoms with Crippen molar-refractivity contribution in [2.75, 3.05) is 12.8 Å². The van der Waals surface area contributed by atoms with E-state index < -0.39 is 0 Å². The minimum atomic E-state index is -0.0167. The molecule has 1 aromatic carbocycles. The van der Waals surface area contributed by atoms with Crippen LogP contribution in [-0.2, 0) is 0 Å². The Morgan fingerprint density at radius 2 is 2.19 bits per heavy atom. The largest absolute Gasteiger partial charge is 0.493 e. The van der Waals surface area contributed by atoms with Gasteiger partial charge in [-0.2, -0.15) is 5.10 Å². The molecule has 0 bridgehead atoms. The molecule has 8 nitrogen and oxygen atoms in total. The fraction of sp³-hybridized carbons (Fsp3) is 0.333. The zero-order chi connectivity index (χ0) is 15.4. The third kappa shape index (κ3) is 3.60. The molecule has 112 valence electrons. The number of nitrogens with two attached hydrogens (primary N) is 1. The molecule has 9 heteroatoms. The van der Waals surface area contributed by atoms with E-state index in [9.17, 15) is 0 Å². The van der Waals surface area contributed by atoms with Crippen molar-refractivity contribution < 1.29 is 9.47 Å². The Bertz CT molecular complexity index is 655. The molecule has 1 heterocycles. The maximum Gasteiger partial charge on any atom is 0.263 e. The molecule has 0 amide bonds. The van der Waals surface area contributed by atoms with Crippen LogP contribution < -0.4 is 15.2 Å². The summed E-state index contributed by atoms with van der Waals surface area (Å²) < 4.78 is 10.9. The van der Waals surface area contributed by atoms with Crippen molar-refractivity contribution in [3.05, 3.63) is 22.7 Å². The fourth-order valence-corrected chi connectivity index (χ4v) is 1.82. The van der Waals surface area contributed by atoms with Crippen LogP contribution in [0, 0.1) is 0 Å². The van der Waals surface area contributed by atoms with Gasteiger partial charge in [-0.25, -0.2) is 0 Å². The topological polar surface area (TPSA) is 100 Å². The molecule has 0 saturated heterocycles. The first-order chi connectivity index (χ1) is 10.0. The molecule has 0 atom stereocenters. The standard InChI is InChI=1S/C12H15ClN6O2/c1-7(2)21-11-9(13)4-8(5-10(11)20-3)6-15-19-12(14)16-17-18-19/h4-7H,1-3H3,(H2,14,16,18). The quantitative estimate of drug-likeness (QED) is 0.842. The molecule has 0 aliphatic heterocycles. The molecule has 21 heavy (non-hydrogen) atoms. The molecule has 0 fully saturated rings. The summed E-state index contributed by atoms with van der Waals surface area (Å²) >= 11 is 6.21. The van der Waals surface area contributed by atoms with Gasteiger partial charge in [0.2, 0.25) is 0 Å². The van der Waals surface area contributed by atoms with Gasteiger partial charge in [0, 0.05) is 5.56 Å². The molecule has 1 aromatic heterocycles. The number of hydrogen-bond acceptors (Lipinski definition) is 7. The lowest BCUT2D eigenvalue weighted by molar-refractivity contribution is 0.230. The van der Waals surface area contributed by atoms with Crippen LogP contribution in [0.3, 0.4) is 0 Å². The van der Waals surface area contributed by atoms with Gasteiger partial charge in [0.25, 0.3) is 5.95 Å². The number of nitrogen functional groups attached to an aromatic ring is 1. The van der Waals surface area contributed by atoms with Crippen LogP contribution in [0.2, 0.25) is 5.02 Å². The van der Waals surface area contributed by atoms with E-state index in [2.05, 4.69) is 20.6 Å². The Hall–Kier alpha value is -2.35. The Morgan fingerprint density at radius 1 is 1.43 bits per heavy atom. The number of benzene rings is 1. The lowest BCUT2D eigenvalue weighted by atomic mass is 10.2. The molecular formula is C12H15ClN6O2. The maximum absolute atomic E-state index is 6.21. The molecule has 0 spiro atoms. The fourth-order valence-electron chi connectivity index (χ4n) is 1.56. The molecule has 2 rings (SSSR count). The van der Waals surface area contributed by atoms with Crippen LogP contribution >= 0.6 is 11.6 Å². The number of halogens is 1. The van der Waals surface area contributed by atoms with E-state index in [1.807, 2.05) is 13.8 Å².